The molecule has 0 fully saturated rings. The van der Waals surface area contributed by atoms with Crippen LogP contribution in [-0.2, 0) is 30.8 Å². The molecule has 1 amide bonds. The lowest BCUT2D eigenvalue weighted by Gasteiger charge is -2.23. The van der Waals surface area contributed by atoms with Crippen molar-refractivity contribution in [3.63, 3.8) is 0 Å². The minimum absolute atomic E-state index is 0.0259. The van der Waals surface area contributed by atoms with Gasteiger partial charge in [0, 0.05) is 37.3 Å². The molecule has 0 aliphatic carbocycles. The second-order valence-electron chi connectivity index (χ2n) is 7.78. The number of aromatic nitrogens is 3. The van der Waals surface area contributed by atoms with Crippen molar-refractivity contribution in [3.05, 3.63) is 106 Å². The van der Waals surface area contributed by atoms with Crippen LogP contribution in [0, 0.1) is 0 Å². The first-order chi connectivity index (χ1) is 15.6. The van der Waals surface area contributed by atoms with Crippen molar-refractivity contribution in [1.82, 2.24) is 19.7 Å². The lowest BCUT2D eigenvalue weighted by atomic mass is 10.1. The second kappa shape index (κ2) is 10.0. The van der Waals surface area contributed by atoms with Gasteiger partial charge in [0.15, 0.2) is 0 Å². The summed E-state index contributed by atoms with van der Waals surface area (Å²) in [5.74, 6) is 0.0259. The maximum absolute atomic E-state index is 13.3. The van der Waals surface area contributed by atoms with E-state index in [1.807, 2.05) is 35.2 Å². The number of benzene rings is 2. The summed E-state index contributed by atoms with van der Waals surface area (Å²) >= 11 is 0. The molecule has 2 aromatic heterocycles. The number of para-hydroxylation sites is 1. The molecule has 0 aliphatic rings. The van der Waals surface area contributed by atoms with E-state index in [2.05, 4.69) is 41.3 Å². The zero-order valence-corrected chi connectivity index (χ0v) is 18.1. The predicted octanol–water partition coefficient (Wildman–Crippen LogP) is 3.97. The molecule has 0 atom stereocenters. The molecule has 0 saturated carbocycles. The summed E-state index contributed by atoms with van der Waals surface area (Å²) < 4.78 is 1.73. The molecule has 4 aromatic rings. The molecule has 2 heterocycles. The minimum Gasteiger partial charge on any atom is -0.334 e. The highest BCUT2D eigenvalue weighted by atomic mass is 16.2. The predicted molar refractivity (Wildman–Crippen MR) is 125 cm³/mol. The van der Waals surface area contributed by atoms with E-state index in [1.54, 1.807) is 23.1 Å². The van der Waals surface area contributed by atoms with Crippen LogP contribution >= 0.6 is 0 Å². The lowest BCUT2D eigenvalue weighted by Crippen LogP contribution is -2.31. The molecular formula is C26H26N4O2. The molecule has 0 aliphatic heterocycles. The number of pyridine rings is 1. The second-order valence-corrected chi connectivity index (χ2v) is 7.78. The Balaban J connectivity index is 1.53. The number of carbonyl (C=O) groups excluding carboxylic acids is 1. The number of amides is 1. The molecular weight excluding hydrogens is 400 g/mol. The van der Waals surface area contributed by atoms with Crippen molar-refractivity contribution in [2.75, 3.05) is 0 Å². The van der Waals surface area contributed by atoms with E-state index in [0.717, 1.165) is 23.1 Å². The maximum Gasteiger partial charge on any atom is 0.225 e. The van der Waals surface area contributed by atoms with E-state index < -0.39 is 0 Å². The fourth-order valence-corrected chi connectivity index (χ4v) is 3.74. The Bertz CT molecular complexity index is 1250. The van der Waals surface area contributed by atoms with Crippen molar-refractivity contribution in [2.24, 2.45) is 0 Å². The van der Waals surface area contributed by atoms with Gasteiger partial charge in [-0.2, -0.15) is 5.10 Å². The van der Waals surface area contributed by atoms with Crippen LogP contribution in [0.2, 0.25) is 0 Å². The van der Waals surface area contributed by atoms with Crippen LogP contribution in [0.4, 0.5) is 0 Å². The molecule has 0 unspecified atom stereocenters. The molecule has 4 rings (SSSR count). The molecule has 6 nitrogen and oxygen atoms in total. The van der Waals surface area contributed by atoms with Gasteiger partial charge in [-0.05, 0) is 41.3 Å². The highest BCUT2D eigenvalue weighted by molar-refractivity contribution is 5.79. The number of nitrogens with zero attached hydrogens (tertiary/aromatic N) is 4. The summed E-state index contributed by atoms with van der Waals surface area (Å²) in [7, 11) is 0. The van der Waals surface area contributed by atoms with Crippen molar-refractivity contribution in [1.29, 1.82) is 0 Å². The van der Waals surface area contributed by atoms with Gasteiger partial charge >= 0.3 is 0 Å². The van der Waals surface area contributed by atoms with E-state index >= 15 is 0 Å². The first-order valence-electron chi connectivity index (χ1n) is 10.8. The fourth-order valence-electron chi connectivity index (χ4n) is 3.74. The van der Waals surface area contributed by atoms with Gasteiger partial charge in [0.1, 0.15) is 0 Å². The SMILES string of the molecule is CCc1ccc(CN(Cc2cccnc2)C(=O)CCn2ncc(=O)c3ccccc32)cc1. The Kier molecular flexibility index (Phi) is 6.70. The van der Waals surface area contributed by atoms with E-state index in [0.29, 0.717) is 25.0 Å². The molecule has 0 radical (unpaired) electrons. The number of hydrogen-bond donors (Lipinski definition) is 0. The molecule has 162 valence electrons. The van der Waals surface area contributed by atoms with Gasteiger partial charge < -0.3 is 4.90 Å². The average molecular weight is 427 g/mol. The third kappa shape index (κ3) is 5.09. The van der Waals surface area contributed by atoms with Crippen molar-refractivity contribution < 1.29 is 4.79 Å². The van der Waals surface area contributed by atoms with Crippen LogP contribution in [0.25, 0.3) is 10.9 Å². The maximum atomic E-state index is 13.3. The Labute approximate surface area is 187 Å². The van der Waals surface area contributed by atoms with Gasteiger partial charge in [-0.1, -0.05) is 49.4 Å². The van der Waals surface area contributed by atoms with Crippen LogP contribution in [0.5, 0.6) is 0 Å². The van der Waals surface area contributed by atoms with Crippen molar-refractivity contribution in [3.8, 4) is 0 Å². The molecule has 0 bridgehead atoms. The van der Waals surface area contributed by atoms with E-state index in [9.17, 15) is 9.59 Å². The highest BCUT2D eigenvalue weighted by Gasteiger charge is 2.16. The molecule has 2 aromatic carbocycles. The fraction of sp³-hybridized carbons (Fsp3) is 0.231. The molecule has 6 heteroatoms. The first kappa shape index (κ1) is 21.4. The number of rotatable bonds is 8. The smallest absolute Gasteiger partial charge is 0.225 e. The molecule has 32 heavy (non-hydrogen) atoms. The zero-order chi connectivity index (χ0) is 22.3. The largest absolute Gasteiger partial charge is 0.334 e. The highest BCUT2D eigenvalue weighted by Crippen LogP contribution is 2.14. The molecule has 0 spiro atoms. The van der Waals surface area contributed by atoms with Gasteiger partial charge in [0.05, 0.1) is 18.3 Å². The van der Waals surface area contributed by atoms with Crippen LogP contribution in [0.1, 0.15) is 30.0 Å². The van der Waals surface area contributed by atoms with Gasteiger partial charge in [-0.15, -0.1) is 0 Å². The van der Waals surface area contributed by atoms with E-state index in [-0.39, 0.29) is 17.8 Å². The summed E-state index contributed by atoms with van der Waals surface area (Å²) in [5.41, 5.74) is 3.97. The lowest BCUT2D eigenvalue weighted by molar-refractivity contribution is -0.132. The summed E-state index contributed by atoms with van der Waals surface area (Å²) in [6, 6.07) is 19.6. The van der Waals surface area contributed by atoms with E-state index in [1.165, 1.54) is 11.8 Å². The summed E-state index contributed by atoms with van der Waals surface area (Å²) in [5, 5.41) is 4.86. The van der Waals surface area contributed by atoms with Crippen LogP contribution < -0.4 is 5.43 Å². The Hall–Kier alpha value is -3.80. The number of aryl methyl sites for hydroxylation is 2. The topological polar surface area (TPSA) is 68.1 Å². The van der Waals surface area contributed by atoms with Gasteiger partial charge in [-0.25, -0.2) is 0 Å². The number of hydrogen-bond acceptors (Lipinski definition) is 4. The molecule has 0 N–H and O–H groups in total. The van der Waals surface area contributed by atoms with E-state index in [4.69, 9.17) is 0 Å². The van der Waals surface area contributed by atoms with Crippen molar-refractivity contribution in [2.45, 2.75) is 39.4 Å². The van der Waals surface area contributed by atoms with Gasteiger partial charge in [-0.3, -0.25) is 19.3 Å². The Morgan fingerprint density at radius 1 is 0.906 bits per heavy atom. The number of fused-ring (bicyclic) bond motifs is 1. The van der Waals surface area contributed by atoms with Crippen LogP contribution in [0.15, 0.2) is 84.0 Å². The summed E-state index contributed by atoms with van der Waals surface area (Å²) in [6.07, 6.45) is 6.10. The average Bonchev–Trinajstić information content (AvgIpc) is 2.84. The first-order valence-corrected chi connectivity index (χ1v) is 10.8. The normalized spacial score (nSPS) is 10.9. The van der Waals surface area contributed by atoms with Crippen LogP contribution in [-0.4, -0.2) is 25.6 Å². The Morgan fingerprint density at radius 3 is 2.41 bits per heavy atom. The monoisotopic (exact) mass is 426 g/mol. The van der Waals surface area contributed by atoms with Crippen molar-refractivity contribution >= 4 is 16.8 Å². The summed E-state index contributed by atoms with van der Waals surface area (Å²) in [4.78, 5) is 31.4. The van der Waals surface area contributed by atoms with Gasteiger partial charge in [0.25, 0.3) is 0 Å². The summed E-state index contributed by atoms with van der Waals surface area (Å²) in [6.45, 7) is 3.54. The zero-order valence-electron chi connectivity index (χ0n) is 18.1. The van der Waals surface area contributed by atoms with Gasteiger partial charge in [0.2, 0.25) is 11.3 Å². The quantitative estimate of drug-likeness (QED) is 0.428. The standard InChI is InChI=1S/C26H26N4O2/c1-2-20-9-11-21(12-10-20)18-29(19-22-6-5-14-27-16-22)26(32)13-15-30-24-8-4-3-7-23(24)25(31)17-28-30/h3-12,14,16-17H,2,13,15,18-19H2,1H3. The third-order valence-corrected chi connectivity index (χ3v) is 5.55. The Morgan fingerprint density at radius 2 is 1.66 bits per heavy atom. The third-order valence-electron chi connectivity index (χ3n) is 5.55. The minimum atomic E-state index is -0.114. The molecule has 0 saturated heterocycles. The van der Waals surface area contributed by atoms with Crippen LogP contribution in [0.3, 0.4) is 0 Å². The number of carbonyl (C=O) groups is 1.